The van der Waals surface area contributed by atoms with Crippen LogP contribution in [-0.2, 0) is 0 Å². The molecule has 0 amide bonds. The van der Waals surface area contributed by atoms with Crippen molar-refractivity contribution in [3.8, 4) is 0 Å². The van der Waals surface area contributed by atoms with Gasteiger partial charge in [-0.2, -0.15) is 0 Å². The van der Waals surface area contributed by atoms with Crippen LogP contribution in [0.3, 0.4) is 0 Å². The molecular weight excluding hydrogens is 78.8 g/mol. The van der Waals surface area contributed by atoms with Crippen molar-refractivity contribution in [2.75, 3.05) is 0 Å². The minimum atomic E-state index is 0.176. The molecule has 0 aromatic carbocycles. The summed E-state index contributed by atoms with van der Waals surface area (Å²) in [5, 5.41) is 3.21. The van der Waals surface area contributed by atoms with Crippen LogP contribution in [0.2, 0.25) is 0 Å². The molecule has 0 unspecified atom stereocenters. The van der Waals surface area contributed by atoms with Crippen molar-refractivity contribution >= 4 is 13.6 Å². The predicted octanol–water partition coefficient (Wildman–Crippen LogP) is -1.14. The summed E-state index contributed by atoms with van der Waals surface area (Å²) in [6.07, 6.45) is 1.18. The van der Waals surface area contributed by atoms with Crippen LogP contribution in [0, 0.1) is 0 Å². The van der Waals surface area contributed by atoms with Crippen LogP contribution >= 0.6 is 0 Å². The van der Waals surface area contributed by atoms with Crippen LogP contribution in [0.15, 0.2) is 10.9 Å². The Bertz CT molecular complexity index is 115. The van der Waals surface area contributed by atoms with E-state index in [1.165, 1.54) is 6.39 Å². The Labute approximate surface area is 35.8 Å². The highest BCUT2D eigenvalue weighted by Crippen LogP contribution is 1.59. The number of nitrogens with zero attached hydrogens (tertiary/aromatic N) is 2. The van der Waals surface area contributed by atoms with Crippen molar-refractivity contribution in [3.05, 3.63) is 6.39 Å². The van der Waals surface area contributed by atoms with Crippen LogP contribution in [-0.4, -0.2) is 18.0 Å². The van der Waals surface area contributed by atoms with Crippen LogP contribution < -0.4 is 5.72 Å². The van der Waals surface area contributed by atoms with Gasteiger partial charge in [-0.25, -0.2) is 4.98 Å². The number of aromatic nitrogens is 2. The Kier molecular flexibility index (Phi) is 0.635. The minimum Gasteiger partial charge on any atom is -0.344 e. The first-order valence-corrected chi connectivity index (χ1v) is 1.41. The maximum Gasteiger partial charge on any atom is 0.212 e. The van der Waals surface area contributed by atoms with E-state index in [-0.39, 0.29) is 5.72 Å². The Balaban J connectivity index is 3.05. The van der Waals surface area contributed by atoms with Gasteiger partial charge in [-0.05, 0) is 0 Å². The SMILES string of the molecule is [B]c1ncon1. The molecule has 2 radical (unpaired) electrons. The molecule has 0 saturated heterocycles. The molecular formula is C2HBN2O. The van der Waals surface area contributed by atoms with E-state index in [1.54, 1.807) is 0 Å². The molecule has 3 nitrogen and oxygen atoms in total. The lowest BCUT2D eigenvalue weighted by molar-refractivity contribution is 0.421. The molecule has 0 aliphatic carbocycles. The van der Waals surface area contributed by atoms with Crippen LogP contribution in [0.1, 0.15) is 0 Å². The molecule has 1 aromatic rings. The molecule has 1 aromatic heterocycles. The van der Waals surface area contributed by atoms with Gasteiger partial charge in [-0.15, -0.1) is 0 Å². The van der Waals surface area contributed by atoms with E-state index in [9.17, 15) is 0 Å². The average Bonchev–Trinajstić information content (AvgIpc) is 1.86. The summed E-state index contributed by atoms with van der Waals surface area (Å²) in [6.45, 7) is 0. The topological polar surface area (TPSA) is 38.9 Å². The fourth-order valence-corrected chi connectivity index (χ4v) is 0.179. The number of hydrogen-bond donors (Lipinski definition) is 0. The highest BCUT2D eigenvalue weighted by Gasteiger charge is 1.79. The van der Waals surface area contributed by atoms with Crippen LogP contribution in [0.4, 0.5) is 0 Å². The number of rotatable bonds is 0. The van der Waals surface area contributed by atoms with Crippen LogP contribution in [0.5, 0.6) is 0 Å². The van der Waals surface area contributed by atoms with Crippen molar-refractivity contribution in [2.45, 2.75) is 0 Å². The van der Waals surface area contributed by atoms with Gasteiger partial charge >= 0.3 is 0 Å². The van der Waals surface area contributed by atoms with Gasteiger partial charge in [-0.3, -0.25) is 0 Å². The van der Waals surface area contributed by atoms with E-state index < -0.39 is 0 Å². The maximum absolute atomic E-state index is 4.96. The predicted molar refractivity (Wildman–Crippen MR) is 19.7 cm³/mol. The van der Waals surface area contributed by atoms with Crippen molar-refractivity contribution in [3.63, 3.8) is 0 Å². The molecule has 1 rings (SSSR count). The molecule has 6 heavy (non-hydrogen) atoms. The van der Waals surface area contributed by atoms with E-state index >= 15 is 0 Å². The molecule has 0 saturated carbocycles. The third-order valence-electron chi connectivity index (χ3n) is 0.378. The largest absolute Gasteiger partial charge is 0.344 e. The quantitative estimate of drug-likeness (QED) is 0.370. The smallest absolute Gasteiger partial charge is 0.212 e. The minimum absolute atomic E-state index is 0.176. The molecule has 0 bridgehead atoms. The molecule has 0 spiro atoms. The molecule has 0 aliphatic heterocycles. The van der Waals surface area contributed by atoms with Crippen molar-refractivity contribution in [2.24, 2.45) is 0 Å². The van der Waals surface area contributed by atoms with Gasteiger partial charge in [0.25, 0.3) is 0 Å². The highest BCUT2D eigenvalue weighted by atomic mass is 16.5. The first-order chi connectivity index (χ1) is 2.89. The summed E-state index contributed by atoms with van der Waals surface area (Å²) in [4.78, 5) is 3.42. The van der Waals surface area contributed by atoms with Crippen molar-refractivity contribution in [1.29, 1.82) is 0 Å². The van der Waals surface area contributed by atoms with E-state index in [1.807, 2.05) is 0 Å². The van der Waals surface area contributed by atoms with E-state index in [4.69, 9.17) is 7.85 Å². The fraction of sp³-hybridized carbons (Fsp3) is 0. The standard InChI is InChI=1S/C2HBN2O/c3-2-4-1-6-5-2/h1H. The van der Waals surface area contributed by atoms with Gasteiger partial charge in [0.2, 0.25) is 6.39 Å². The van der Waals surface area contributed by atoms with Crippen molar-refractivity contribution < 1.29 is 4.52 Å². The summed E-state index contributed by atoms with van der Waals surface area (Å²) in [7, 11) is 4.96. The molecule has 0 fully saturated rings. The maximum atomic E-state index is 4.96. The van der Waals surface area contributed by atoms with E-state index in [0.717, 1.165) is 0 Å². The summed E-state index contributed by atoms with van der Waals surface area (Å²) >= 11 is 0. The second kappa shape index (κ2) is 1.12. The molecule has 28 valence electrons. The second-order valence-electron chi connectivity index (χ2n) is 0.789. The zero-order chi connectivity index (χ0) is 4.41. The molecule has 1 heterocycles. The van der Waals surface area contributed by atoms with E-state index in [0.29, 0.717) is 0 Å². The first-order valence-electron chi connectivity index (χ1n) is 1.41. The highest BCUT2D eigenvalue weighted by molar-refractivity contribution is 6.28. The van der Waals surface area contributed by atoms with Gasteiger partial charge < -0.3 is 4.52 Å². The average molecular weight is 79.9 g/mol. The molecule has 0 N–H and O–H groups in total. The zero-order valence-electron chi connectivity index (χ0n) is 2.96. The van der Waals surface area contributed by atoms with Gasteiger partial charge in [0.15, 0.2) is 7.85 Å². The zero-order valence-corrected chi connectivity index (χ0v) is 2.96. The van der Waals surface area contributed by atoms with Gasteiger partial charge in [0.1, 0.15) is 5.72 Å². The third kappa shape index (κ3) is 0.405. The lowest BCUT2D eigenvalue weighted by Gasteiger charge is -1.60. The first kappa shape index (κ1) is 3.40. The second-order valence-corrected chi connectivity index (χ2v) is 0.789. The van der Waals surface area contributed by atoms with Gasteiger partial charge in [0, 0.05) is 0 Å². The Morgan fingerprint density at radius 2 is 2.67 bits per heavy atom. The third-order valence-corrected chi connectivity index (χ3v) is 0.378. The summed E-state index contributed by atoms with van der Waals surface area (Å²) < 4.78 is 4.23. The van der Waals surface area contributed by atoms with Crippen LogP contribution in [0.25, 0.3) is 0 Å². The molecule has 4 heteroatoms. The normalized spacial score (nSPS) is 8.67. The Morgan fingerprint density at radius 1 is 1.83 bits per heavy atom. The van der Waals surface area contributed by atoms with E-state index in [2.05, 4.69) is 14.7 Å². The summed E-state index contributed by atoms with van der Waals surface area (Å²) in [5.41, 5.74) is 0.176. The Hall–Kier alpha value is -0.795. The summed E-state index contributed by atoms with van der Waals surface area (Å²) in [6, 6.07) is 0. The van der Waals surface area contributed by atoms with Gasteiger partial charge in [-0.1, -0.05) is 5.16 Å². The monoisotopic (exact) mass is 80.0 g/mol. The van der Waals surface area contributed by atoms with Crippen molar-refractivity contribution in [1.82, 2.24) is 10.1 Å². The lowest BCUT2D eigenvalue weighted by atomic mass is 10.1. The number of hydrogen-bond acceptors (Lipinski definition) is 3. The van der Waals surface area contributed by atoms with Gasteiger partial charge in [0.05, 0.1) is 0 Å². The Morgan fingerprint density at radius 3 is 2.83 bits per heavy atom. The molecule has 0 atom stereocenters. The lowest BCUT2D eigenvalue weighted by Crippen LogP contribution is -2.04. The molecule has 0 aliphatic rings. The fourth-order valence-electron chi connectivity index (χ4n) is 0.179. The summed E-state index contributed by atoms with van der Waals surface area (Å²) in [5.74, 6) is 0.